The lowest BCUT2D eigenvalue weighted by Gasteiger charge is -2.29. The number of amides is 2. The quantitative estimate of drug-likeness (QED) is 0.817. The molecule has 21 heavy (non-hydrogen) atoms. The molecule has 1 fully saturated rings. The number of carbonyl (C=O) groups excluding carboxylic acids is 2. The van der Waals surface area contributed by atoms with Crippen LogP contribution in [0.2, 0.25) is 0 Å². The van der Waals surface area contributed by atoms with E-state index in [1.54, 1.807) is 18.0 Å². The maximum atomic E-state index is 12.4. The number of carbonyl (C=O) groups is 2. The molecule has 0 aliphatic carbocycles. The minimum Gasteiger partial charge on any atom is -0.494 e. The first kappa shape index (κ1) is 15.2. The lowest BCUT2D eigenvalue weighted by molar-refractivity contribution is -0.132. The van der Waals surface area contributed by atoms with Gasteiger partial charge in [-0.25, -0.2) is 0 Å². The topological polar surface area (TPSA) is 74.8 Å². The van der Waals surface area contributed by atoms with E-state index < -0.39 is 0 Å². The van der Waals surface area contributed by atoms with Gasteiger partial charge in [0.1, 0.15) is 5.75 Å². The van der Waals surface area contributed by atoms with Gasteiger partial charge in [0.25, 0.3) is 5.91 Å². The molecule has 1 aliphatic heterocycles. The van der Waals surface area contributed by atoms with Gasteiger partial charge in [-0.1, -0.05) is 0 Å². The number of aromatic nitrogens is 1. The highest BCUT2D eigenvalue weighted by Crippen LogP contribution is 2.17. The van der Waals surface area contributed by atoms with E-state index in [0.717, 1.165) is 13.1 Å². The second-order valence-corrected chi connectivity index (χ2v) is 4.87. The molecule has 0 unspecified atom stereocenters. The molecule has 7 nitrogen and oxygen atoms in total. The largest absolute Gasteiger partial charge is 0.494 e. The molecule has 1 saturated heterocycles. The van der Waals surface area contributed by atoms with Gasteiger partial charge in [0.15, 0.2) is 0 Å². The minimum absolute atomic E-state index is 0.0413. The van der Waals surface area contributed by atoms with Crippen LogP contribution >= 0.6 is 0 Å². The third-order valence-corrected chi connectivity index (χ3v) is 3.42. The SMILES string of the molecule is COc1cnccc1C(=O)N(C)CC(=O)N1CCNCC1. The Bertz CT molecular complexity index is 515. The maximum absolute atomic E-state index is 12.4. The minimum atomic E-state index is -0.252. The Morgan fingerprint density at radius 3 is 2.81 bits per heavy atom. The number of pyridine rings is 1. The number of rotatable bonds is 4. The van der Waals surface area contributed by atoms with Crippen LogP contribution in [-0.2, 0) is 4.79 Å². The summed E-state index contributed by atoms with van der Waals surface area (Å²) >= 11 is 0. The molecular weight excluding hydrogens is 272 g/mol. The first-order valence-corrected chi connectivity index (χ1v) is 6.85. The van der Waals surface area contributed by atoms with Crippen LogP contribution < -0.4 is 10.1 Å². The van der Waals surface area contributed by atoms with Gasteiger partial charge in [0.05, 0.1) is 25.4 Å². The molecule has 1 aromatic heterocycles. The Morgan fingerprint density at radius 1 is 1.43 bits per heavy atom. The number of nitrogens with zero attached hydrogens (tertiary/aromatic N) is 3. The van der Waals surface area contributed by atoms with Gasteiger partial charge >= 0.3 is 0 Å². The van der Waals surface area contributed by atoms with E-state index in [9.17, 15) is 9.59 Å². The standard InChI is InChI=1S/C14H20N4O3/c1-17(10-13(19)18-7-5-15-6-8-18)14(20)11-3-4-16-9-12(11)21-2/h3-4,9,15H,5-8,10H2,1-2H3. The van der Waals surface area contributed by atoms with Crippen LogP contribution in [0.15, 0.2) is 18.5 Å². The Balaban J connectivity index is 2.00. The van der Waals surface area contributed by atoms with E-state index in [-0.39, 0.29) is 18.4 Å². The zero-order valence-electron chi connectivity index (χ0n) is 12.3. The zero-order chi connectivity index (χ0) is 15.2. The normalized spacial score (nSPS) is 14.7. The van der Waals surface area contributed by atoms with Gasteiger partial charge in [0.2, 0.25) is 5.91 Å². The summed E-state index contributed by atoms with van der Waals surface area (Å²) < 4.78 is 5.12. The average molecular weight is 292 g/mol. The van der Waals surface area contributed by atoms with E-state index in [2.05, 4.69) is 10.3 Å². The Morgan fingerprint density at radius 2 is 2.14 bits per heavy atom. The van der Waals surface area contributed by atoms with Crippen molar-refractivity contribution in [3.8, 4) is 5.75 Å². The fraction of sp³-hybridized carbons (Fsp3) is 0.500. The Hall–Kier alpha value is -2.15. The fourth-order valence-electron chi connectivity index (χ4n) is 2.21. The number of likely N-dealkylation sites (N-methyl/N-ethyl adjacent to an activating group) is 1. The number of piperazine rings is 1. The molecule has 1 aliphatic rings. The summed E-state index contributed by atoms with van der Waals surface area (Å²) in [5, 5.41) is 3.19. The number of methoxy groups -OCH3 is 1. The average Bonchev–Trinajstić information content (AvgIpc) is 2.54. The molecule has 0 atom stereocenters. The van der Waals surface area contributed by atoms with Crippen molar-refractivity contribution in [2.45, 2.75) is 0 Å². The second-order valence-electron chi connectivity index (χ2n) is 4.87. The van der Waals surface area contributed by atoms with Crippen LogP contribution in [0.3, 0.4) is 0 Å². The lowest BCUT2D eigenvalue weighted by atomic mass is 10.2. The molecule has 0 saturated carbocycles. The van der Waals surface area contributed by atoms with Crippen LogP contribution in [0, 0.1) is 0 Å². The summed E-state index contributed by atoms with van der Waals surface area (Å²) in [5.41, 5.74) is 0.406. The van der Waals surface area contributed by atoms with Crippen LogP contribution in [0.25, 0.3) is 0 Å². The molecule has 0 aromatic carbocycles. The fourth-order valence-corrected chi connectivity index (χ4v) is 2.21. The molecule has 1 N–H and O–H groups in total. The number of nitrogens with one attached hydrogen (secondary N) is 1. The van der Waals surface area contributed by atoms with Crippen molar-refractivity contribution in [1.82, 2.24) is 20.1 Å². The summed E-state index contributed by atoms with van der Waals surface area (Å²) in [5.74, 6) is 0.113. The van der Waals surface area contributed by atoms with Gasteiger partial charge in [-0.2, -0.15) is 0 Å². The van der Waals surface area contributed by atoms with Crippen molar-refractivity contribution in [1.29, 1.82) is 0 Å². The smallest absolute Gasteiger partial charge is 0.257 e. The van der Waals surface area contributed by atoms with Crippen LogP contribution in [0.4, 0.5) is 0 Å². The summed E-state index contributed by atoms with van der Waals surface area (Å²) in [7, 11) is 3.10. The van der Waals surface area contributed by atoms with Crippen LogP contribution in [0.5, 0.6) is 5.75 Å². The molecule has 114 valence electrons. The molecule has 2 heterocycles. The van der Waals surface area contributed by atoms with E-state index in [4.69, 9.17) is 4.74 Å². The second kappa shape index (κ2) is 7.03. The molecule has 2 amide bonds. The van der Waals surface area contributed by atoms with Gasteiger partial charge in [-0.05, 0) is 6.07 Å². The predicted molar refractivity (Wildman–Crippen MR) is 77.2 cm³/mol. The highest BCUT2D eigenvalue weighted by atomic mass is 16.5. The van der Waals surface area contributed by atoms with Gasteiger partial charge in [0, 0.05) is 39.4 Å². The molecule has 0 radical (unpaired) electrons. The van der Waals surface area contributed by atoms with E-state index in [1.807, 2.05) is 0 Å². The number of hydrogen-bond donors (Lipinski definition) is 1. The van der Waals surface area contributed by atoms with Gasteiger partial charge < -0.3 is 19.9 Å². The molecule has 0 bridgehead atoms. The van der Waals surface area contributed by atoms with Crippen LogP contribution in [-0.4, -0.2) is 73.5 Å². The van der Waals surface area contributed by atoms with Gasteiger partial charge in [-0.3, -0.25) is 14.6 Å². The van der Waals surface area contributed by atoms with Crippen molar-refractivity contribution in [2.75, 3.05) is 46.9 Å². The zero-order valence-corrected chi connectivity index (χ0v) is 12.3. The van der Waals surface area contributed by atoms with Gasteiger partial charge in [-0.15, -0.1) is 0 Å². The first-order valence-electron chi connectivity index (χ1n) is 6.85. The summed E-state index contributed by atoms with van der Waals surface area (Å²) in [4.78, 5) is 31.6. The highest BCUT2D eigenvalue weighted by molar-refractivity contribution is 5.98. The summed E-state index contributed by atoms with van der Waals surface area (Å²) in [6, 6.07) is 1.59. The third kappa shape index (κ3) is 3.69. The van der Waals surface area contributed by atoms with E-state index >= 15 is 0 Å². The molecule has 0 spiro atoms. The summed E-state index contributed by atoms with van der Waals surface area (Å²) in [6.07, 6.45) is 3.01. The van der Waals surface area contributed by atoms with E-state index in [1.165, 1.54) is 24.4 Å². The molecule has 2 rings (SSSR count). The predicted octanol–water partition coefficient (Wildman–Crippen LogP) is -0.406. The third-order valence-electron chi connectivity index (χ3n) is 3.42. The van der Waals surface area contributed by atoms with Crippen molar-refractivity contribution in [3.05, 3.63) is 24.0 Å². The number of ether oxygens (including phenoxy) is 1. The van der Waals surface area contributed by atoms with Crippen LogP contribution in [0.1, 0.15) is 10.4 Å². The van der Waals surface area contributed by atoms with Crippen molar-refractivity contribution < 1.29 is 14.3 Å². The molecule has 1 aromatic rings. The van der Waals surface area contributed by atoms with E-state index in [0.29, 0.717) is 24.4 Å². The van der Waals surface area contributed by atoms with Crippen molar-refractivity contribution in [3.63, 3.8) is 0 Å². The van der Waals surface area contributed by atoms with Crippen molar-refractivity contribution in [2.24, 2.45) is 0 Å². The van der Waals surface area contributed by atoms with Crippen molar-refractivity contribution >= 4 is 11.8 Å². The number of hydrogen-bond acceptors (Lipinski definition) is 5. The Kier molecular flexibility index (Phi) is 5.10. The summed E-state index contributed by atoms with van der Waals surface area (Å²) in [6.45, 7) is 3.01. The Labute approximate surface area is 123 Å². The maximum Gasteiger partial charge on any atom is 0.257 e. The lowest BCUT2D eigenvalue weighted by Crippen LogP contribution is -2.49. The highest BCUT2D eigenvalue weighted by Gasteiger charge is 2.22. The molecular formula is C14H20N4O3. The first-order chi connectivity index (χ1) is 10.1. The monoisotopic (exact) mass is 292 g/mol. The molecule has 7 heteroatoms.